The van der Waals surface area contributed by atoms with Crippen LogP contribution in [0.2, 0.25) is 0 Å². The van der Waals surface area contributed by atoms with E-state index in [1.807, 2.05) is 60.7 Å². The van der Waals surface area contributed by atoms with Crippen molar-refractivity contribution < 1.29 is 28.7 Å². The fourth-order valence-corrected chi connectivity index (χ4v) is 12.1. The third-order valence-corrected chi connectivity index (χ3v) is 16.3. The maximum atomic E-state index is 16.3. The molecular formula is C72H80N4O6. The number of hydrogen-bond acceptors (Lipinski definition) is 6. The number of amides is 4. The zero-order chi connectivity index (χ0) is 59.5. The predicted octanol–water partition coefficient (Wildman–Crippen LogP) is 19.0. The highest BCUT2D eigenvalue weighted by Gasteiger charge is 2.33. The van der Waals surface area contributed by atoms with E-state index >= 15 is 9.59 Å². The van der Waals surface area contributed by atoms with E-state index in [2.05, 4.69) is 146 Å². The first-order valence-electron chi connectivity index (χ1n) is 29.2. The molecule has 82 heavy (non-hydrogen) atoms. The third-order valence-electron chi connectivity index (χ3n) is 16.3. The minimum Gasteiger partial charge on any atom is -0.456 e. The molecule has 4 amide bonds. The van der Waals surface area contributed by atoms with Gasteiger partial charge in [0.25, 0.3) is 11.8 Å². The molecule has 0 spiro atoms. The molecule has 0 radical (unpaired) electrons. The normalized spacial score (nSPS) is 12.1. The molecule has 0 aliphatic carbocycles. The van der Waals surface area contributed by atoms with Crippen LogP contribution in [0.15, 0.2) is 109 Å². The standard InChI is InChI=1S/C72H80N4O6/c1-35(2)43-21-17-22-44(36(3)4)65(43)75-71(79)55-33-57(81-67-47(39(9)10)25-19-26-48(67)40(11)12)62-51-29-31-53(69(73)77)60-54(70(74)78)32-30-52(59(51)60)63-58(82-68-49(41(13)14)27-20-28-50(68)42(15)16)34-56(61(55)64(62)63)72(80)76-66-45(37(5)6)23-18-24-46(66)38(7)8/h17-42H,1-16H3,(H2,73,77)(H2,74,78)(H,75,79)(H,76,80). The largest absolute Gasteiger partial charge is 0.456 e. The number of anilines is 2. The molecule has 10 heteroatoms. The number of nitrogens with two attached hydrogens (primary N) is 2. The summed E-state index contributed by atoms with van der Waals surface area (Å²) in [5, 5.41) is 10.7. The molecule has 0 heterocycles. The zero-order valence-electron chi connectivity index (χ0n) is 50.6. The summed E-state index contributed by atoms with van der Waals surface area (Å²) >= 11 is 0. The number of nitrogens with one attached hydrogen (secondary N) is 2. The molecule has 0 fully saturated rings. The number of rotatable bonds is 18. The smallest absolute Gasteiger partial charge is 0.256 e. The Kier molecular flexibility index (Phi) is 16.4. The number of hydrogen-bond donors (Lipinski definition) is 4. The molecule has 0 saturated carbocycles. The maximum absolute atomic E-state index is 16.3. The van der Waals surface area contributed by atoms with Crippen molar-refractivity contribution in [3.63, 3.8) is 0 Å². The Morgan fingerprint density at radius 3 is 0.866 bits per heavy atom. The minimum absolute atomic E-state index is 0.0159. The SMILES string of the molecule is CC(C)c1cccc(C(C)C)c1NC(=O)c1cc(Oc2c(C(C)C)cccc2C(C)C)c2c3ccc(C(N)=O)c4c(C(N)=O)ccc(c5c(Oc6c(C(C)C)cccc6C(C)C)cc(C(=O)Nc6c(C(C)C)cccc6C(C)C)c1c25)c43. The van der Waals surface area contributed by atoms with Crippen LogP contribution in [-0.2, 0) is 0 Å². The van der Waals surface area contributed by atoms with Gasteiger partial charge in [0.1, 0.15) is 23.0 Å². The monoisotopic (exact) mass is 1100 g/mol. The fraction of sp³-hybridized carbons (Fsp3) is 0.333. The highest BCUT2D eigenvalue weighted by Crippen LogP contribution is 2.54. The molecule has 0 aliphatic rings. The van der Waals surface area contributed by atoms with Gasteiger partial charge in [-0.05, 0) is 132 Å². The number of para-hydroxylation sites is 4. The van der Waals surface area contributed by atoms with Crippen LogP contribution in [0, 0.1) is 0 Å². The Balaban J connectivity index is 1.58. The summed E-state index contributed by atoms with van der Waals surface area (Å²) in [6.45, 7) is 33.9. The summed E-state index contributed by atoms with van der Waals surface area (Å²) < 4.78 is 15.2. The quantitative estimate of drug-likeness (QED) is 0.0494. The number of carbonyl (C=O) groups excluding carboxylic acids is 4. The molecule has 0 unspecified atom stereocenters. The maximum Gasteiger partial charge on any atom is 0.256 e. The molecule has 6 N–H and O–H groups in total. The van der Waals surface area contributed by atoms with Crippen LogP contribution in [0.5, 0.6) is 23.0 Å². The van der Waals surface area contributed by atoms with E-state index < -0.39 is 23.6 Å². The van der Waals surface area contributed by atoms with E-state index in [9.17, 15) is 9.59 Å². The van der Waals surface area contributed by atoms with Crippen molar-refractivity contribution in [3.8, 4) is 23.0 Å². The summed E-state index contributed by atoms with van der Waals surface area (Å²) in [5.41, 5.74) is 22.1. The molecule has 0 atom stereocenters. The first-order chi connectivity index (χ1) is 38.8. The van der Waals surface area contributed by atoms with E-state index in [1.54, 1.807) is 24.3 Å². The molecule has 0 bridgehead atoms. The topological polar surface area (TPSA) is 163 Å². The van der Waals surface area contributed by atoms with Crippen LogP contribution in [-0.4, -0.2) is 23.6 Å². The lowest BCUT2D eigenvalue weighted by Gasteiger charge is -2.27. The van der Waals surface area contributed by atoms with E-state index in [0.717, 1.165) is 44.5 Å². The first kappa shape index (κ1) is 58.4. The van der Waals surface area contributed by atoms with Crippen LogP contribution < -0.4 is 31.6 Å². The van der Waals surface area contributed by atoms with E-state index in [-0.39, 0.29) is 75.0 Å². The van der Waals surface area contributed by atoms with Gasteiger partial charge < -0.3 is 31.6 Å². The van der Waals surface area contributed by atoms with Crippen LogP contribution in [0.25, 0.3) is 43.1 Å². The summed E-state index contributed by atoms with van der Waals surface area (Å²) in [6.07, 6.45) is 0. The second-order valence-electron chi connectivity index (χ2n) is 24.6. The molecule has 0 aromatic heterocycles. The molecular weight excluding hydrogens is 1020 g/mol. The second kappa shape index (κ2) is 23.0. The number of ether oxygens (including phenoxy) is 2. The summed E-state index contributed by atoms with van der Waals surface area (Å²) in [6, 6.07) is 35.0. The first-order valence-corrected chi connectivity index (χ1v) is 29.2. The van der Waals surface area contributed by atoms with E-state index in [4.69, 9.17) is 20.9 Å². The van der Waals surface area contributed by atoms with Crippen LogP contribution >= 0.6 is 0 Å². The van der Waals surface area contributed by atoms with Crippen molar-refractivity contribution >= 4 is 78.1 Å². The highest BCUT2D eigenvalue weighted by atomic mass is 16.5. The van der Waals surface area contributed by atoms with Gasteiger partial charge in [-0.2, -0.15) is 0 Å². The fourth-order valence-electron chi connectivity index (χ4n) is 12.1. The van der Waals surface area contributed by atoms with Gasteiger partial charge in [0, 0.05) is 49.4 Å². The summed E-state index contributed by atoms with van der Waals surface area (Å²) in [4.78, 5) is 60.1. The lowest BCUT2D eigenvalue weighted by Crippen LogP contribution is -2.20. The second-order valence-corrected chi connectivity index (χ2v) is 24.6. The van der Waals surface area contributed by atoms with Gasteiger partial charge in [-0.1, -0.05) is 196 Å². The van der Waals surface area contributed by atoms with Crippen LogP contribution in [0.1, 0.15) is 244 Å². The van der Waals surface area contributed by atoms with Gasteiger partial charge in [0.2, 0.25) is 11.8 Å². The number of fused-ring (bicyclic) bond motifs is 2. The lowest BCUT2D eigenvalue weighted by molar-refractivity contribution is 0.0996. The summed E-state index contributed by atoms with van der Waals surface area (Å²) in [7, 11) is 0. The Labute approximate surface area is 483 Å². The molecule has 9 rings (SSSR count). The molecule has 9 aromatic carbocycles. The number of carbonyl (C=O) groups is 4. The Hall–Kier alpha value is -8.24. The average Bonchev–Trinajstić information content (AvgIpc) is 1.15. The predicted molar refractivity (Wildman–Crippen MR) is 339 cm³/mol. The summed E-state index contributed by atoms with van der Waals surface area (Å²) in [5.74, 6) is -0.304. The van der Waals surface area contributed by atoms with Crippen molar-refractivity contribution in [2.75, 3.05) is 10.6 Å². The lowest BCUT2D eigenvalue weighted by atomic mass is 9.83. The minimum atomic E-state index is -0.751. The molecule has 9 aromatic rings. The molecule has 0 aliphatic heterocycles. The Morgan fingerprint density at radius 1 is 0.329 bits per heavy atom. The van der Waals surface area contributed by atoms with Gasteiger partial charge in [-0.3, -0.25) is 19.2 Å². The van der Waals surface area contributed by atoms with Crippen molar-refractivity contribution in [2.45, 2.75) is 158 Å². The third kappa shape index (κ3) is 10.4. The average molecular weight is 1100 g/mol. The zero-order valence-corrected chi connectivity index (χ0v) is 50.6. The van der Waals surface area contributed by atoms with Crippen LogP contribution in [0.4, 0.5) is 11.4 Å². The van der Waals surface area contributed by atoms with Crippen molar-refractivity contribution in [1.29, 1.82) is 0 Å². The van der Waals surface area contributed by atoms with E-state index in [0.29, 0.717) is 72.1 Å². The molecule has 424 valence electrons. The Bertz CT molecular complexity index is 3660. The molecule has 0 saturated heterocycles. The number of primary amides is 2. The van der Waals surface area contributed by atoms with Gasteiger partial charge in [-0.15, -0.1) is 0 Å². The molecule has 10 nitrogen and oxygen atoms in total. The Morgan fingerprint density at radius 2 is 0.598 bits per heavy atom. The van der Waals surface area contributed by atoms with Crippen LogP contribution in [0.3, 0.4) is 0 Å². The van der Waals surface area contributed by atoms with Crippen molar-refractivity contribution in [2.24, 2.45) is 11.5 Å². The van der Waals surface area contributed by atoms with Gasteiger partial charge in [0.15, 0.2) is 0 Å². The number of benzene rings is 9. The van der Waals surface area contributed by atoms with Crippen molar-refractivity contribution in [1.82, 2.24) is 0 Å². The van der Waals surface area contributed by atoms with Gasteiger partial charge in [-0.25, -0.2) is 0 Å². The van der Waals surface area contributed by atoms with Gasteiger partial charge in [0.05, 0.1) is 11.1 Å². The van der Waals surface area contributed by atoms with E-state index in [1.165, 1.54) is 0 Å². The van der Waals surface area contributed by atoms with Gasteiger partial charge >= 0.3 is 0 Å². The van der Waals surface area contributed by atoms with Crippen molar-refractivity contribution in [3.05, 3.63) is 176 Å². The highest BCUT2D eigenvalue weighted by molar-refractivity contribution is 6.41.